The second-order valence-electron chi connectivity index (χ2n) is 0.513. The summed E-state index contributed by atoms with van der Waals surface area (Å²) in [5.74, 6) is 0. The number of phosphoric acid groups is 1. The van der Waals surface area contributed by atoms with Gasteiger partial charge in [0.05, 0.1) is 0 Å². The van der Waals surface area contributed by atoms with Gasteiger partial charge in [-0.1, -0.05) is 0 Å². The molecule has 0 rings (SSSR count). The molecule has 0 radical (unpaired) electrons. The van der Waals surface area contributed by atoms with Gasteiger partial charge in [0.15, 0.2) is 0 Å². The van der Waals surface area contributed by atoms with Crippen molar-refractivity contribution in [3.63, 3.8) is 0 Å². The van der Waals surface area contributed by atoms with Crippen molar-refractivity contribution in [1.29, 1.82) is 0 Å². The summed E-state index contributed by atoms with van der Waals surface area (Å²) < 4.78 is 8.88. The van der Waals surface area contributed by atoms with E-state index in [1.165, 1.54) is 0 Å². The van der Waals surface area contributed by atoms with E-state index in [1.807, 2.05) is 0 Å². The Balaban J connectivity index is -0.0000000267. The van der Waals surface area contributed by atoms with Crippen molar-refractivity contribution in [2.24, 2.45) is 0 Å². The van der Waals surface area contributed by atoms with Crippen LogP contribution >= 0.6 is 20.2 Å². The molecule has 3 N–H and O–H groups in total. The van der Waals surface area contributed by atoms with Gasteiger partial charge in [0.25, 0.3) is 0 Å². The summed E-state index contributed by atoms with van der Waals surface area (Å²) in [5, 5.41) is 0. The van der Waals surface area contributed by atoms with Crippen molar-refractivity contribution in [3.8, 4) is 0 Å². The second kappa shape index (κ2) is 9.40. The predicted molar refractivity (Wildman–Crippen MR) is 35.8 cm³/mol. The Kier molecular flexibility index (Phi) is 26.4. The van der Waals surface area contributed by atoms with Gasteiger partial charge in [-0.05, 0) is 0 Å². The Labute approximate surface area is 97.3 Å². The molecular weight excluding hydrogens is 176 g/mol. The summed E-state index contributed by atoms with van der Waals surface area (Å²) >= 11 is 0. The van der Waals surface area contributed by atoms with Gasteiger partial charge < -0.3 is 14.7 Å². The zero-order chi connectivity index (χ0) is 4.50. The number of rotatable bonds is 0. The van der Waals surface area contributed by atoms with Gasteiger partial charge in [0.2, 0.25) is 0 Å². The van der Waals surface area contributed by atoms with Gasteiger partial charge in [0.1, 0.15) is 0 Å². The van der Waals surface area contributed by atoms with Crippen LogP contribution in [-0.4, -0.2) is 73.8 Å². The fourth-order valence-electron chi connectivity index (χ4n) is 0. The van der Waals surface area contributed by atoms with Crippen LogP contribution in [0, 0.1) is 0 Å². The van der Waals surface area contributed by atoms with E-state index in [2.05, 4.69) is 0 Å². The molecule has 0 aliphatic carbocycles. The molecule has 0 fully saturated rings. The monoisotopic (exact) mass is 182 g/mol. The molecule has 0 heterocycles. The van der Waals surface area contributed by atoms with Crippen LogP contribution in [0.15, 0.2) is 0 Å². The first kappa shape index (κ1) is 22.4. The molecule has 0 spiro atoms. The van der Waals surface area contributed by atoms with E-state index >= 15 is 0 Å². The van der Waals surface area contributed by atoms with Crippen LogP contribution in [0.5, 0.6) is 0 Å². The number of halogens is 1. The molecule has 8 heavy (non-hydrogen) atoms. The fraction of sp³-hybridized carbons (Fsp3) is 0. The van der Waals surface area contributed by atoms with Crippen LogP contribution < -0.4 is 0 Å². The molecule has 0 saturated heterocycles. The SMILES string of the molecule is Cl.O=P(O)(O)O.[NaH].[NaH]. The quantitative estimate of drug-likeness (QED) is 0.305. The molecular formula is H6ClNa2O4P. The Morgan fingerprint density at radius 1 is 1.00 bits per heavy atom. The zero-order valence-electron chi connectivity index (χ0n) is 2.61. The van der Waals surface area contributed by atoms with E-state index in [0.717, 1.165) is 0 Å². The standard InChI is InChI=1S/ClH.2Na.H3O4P.2H/c;;;1-5(2,3)4;;/h1H;;;(H3,1,2,3,4);;. The molecule has 0 atom stereocenters. The molecule has 0 unspecified atom stereocenters. The van der Waals surface area contributed by atoms with Crippen molar-refractivity contribution >= 4 is 79.3 Å². The molecule has 4 nitrogen and oxygen atoms in total. The first-order valence-electron chi connectivity index (χ1n) is 0.783. The Bertz CT molecular complexity index is 60.2. The third-order valence-corrected chi connectivity index (χ3v) is 0. The third kappa shape index (κ3) is 79.9. The Hall–Kier alpha value is 2.40. The van der Waals surface area contributed by atoms with E-state index in [0.29, 0.717) is 0 Å². The van der Waals surface area contributed by atoms with Crippen molar-refractivity contribution in [2.75, 3.05) is 0 Å². The van der Waals surface area contributed by atoms with Crippen molar-refractivity contribution in [3.05, 3.63) is 0 Å². The van der Waals surface area contributed by atoms with E-state index in [1.54, 1.807) is 0 Å². The predicted octanol–water partition coefficient (Wildman–Crippen LogP) is -1.80. The first-order valence-corrected chi connectivity index (χ1v) is 2.35. The van der Waals surface area contributed by atoms with Crippen LogP contribution in [0.2, 0.25) is 0 Å². The molecule has 0 aromatic rings. The van der Waals surface area contributed by atoms with Crippen LogP contribution in [0.25, 0.3) is 0 Å². The minimum absolute atomic E-state index is 0. The Morgan fingerprint density at radius 2 is 1.00 bits per heavy atom. The molecule has 44 valence electrons. The van der Waals surface area contributed by atoms with Gasteiger partial charge in [-0.2, -0.15) is 0 Å². The topological polar surface area (TPSA) is 77.8 Å². The van der Waals surface area contributed by atoms with Crippen LogP contribution in [0.1, 0.15) is 0 Å². The molecule has 0 saturated carbocycles. The van der Waals surface area contributed by atoms with E-state index in [9.17, 15) is 0 Å². The summed E-state index contributed by atoms with van der Waals surface area (Å²) in [6.45, 7) is 0. The zero-order valence-corrected chi connectivity index (χ0v) is 4.32. The van der Waals surface area contributed by atoms with Gasteiger partial charge >= 0.3 is 66.9 Å². The minimum atomic E-state index is -4.64. The van der Waals surface area contributed by atoms with Crippen LogP contribution in [-0.2, 0) is 4.57 Å². The van der Waals surface area contributed by atoms with Gasteiger partial charge in [-0.15, -0.1) is 12.4 Å². The van der Waals surface area contributed by atoms with Gasteiger partial charge in [-0.3, -0.25) is 0 Å². The number of hydrogen-bond acceptors (Lipinski definition) is 1. The molecule has 8 heteroatoms. The van der Waals surface area contributed by atoms with Gasteiger partial charge in [-0.25, -0.2) is 4.57 Å². The summed E-state index contributed by atoms with van der Waals surface area (Å²) in [4.78, 5) is 21.6. The molecule has 0 bridgehead atoms. The first-order chi connectivity index (χ1) is 2.00. The maximum atomic E-state index is 8.88. The summed E-state index contributed by atoms with van der Waals surface area (Å²) in [6, 6.07) is 0. The van der Waals surface area contributed by atoms with Crippen LogP contribution in [0.3, 0.4) is 0 Å². The molecule has 0 aromatic carbocycles. The van der Waals surface area contributed by atoms with E-state index in [-0.39, 0.29) is 71.5 Å². The second-order valence-corrected chi connectivity index (χ2v) is 1.54. The third-order valence-electron chi connectivity index (χ3n) is 0. The van der Waals surface area contributed by atoms with Crippen molar-refractivity contribution in [1.82, 2.24) is 0 Å². The van der Waals surface area contributed by atoms with Crippen molar-refractivity contribution < 1.29 is 19.2 Å². The molecule has 0 aliphatic rings. The Morgan fingerprint density at radius 3 is 1.00 bits per heavy atom. The average Bonchev–Trinajstić information content (AvgIpc) is 0.722. The summed E-state index contributed by atoms with van der Waals surface area (Å²) in [6.07, 6.45) is 0. The molecule has 0 aliphatic heterocycles. The maximum absolute atomic E-state index is 8.88. The fourth-order valence-corrected chi connectivity index (χ4v) is 0. The number of hydrogen-bond donors (Lipinski definition) is 3. The van der Waals surface area contributed by atoms with E-state index < -0.39 is 7.82 Å². The average molecular weight is 182 g/mol. The van der Waals surface area contributed by atoms with Crippen LogP contribution in [0.4, 0.5) is 0 Å². The summed E-state index contributed by atoms with van der Waals surface area (Å²) in [7, 11) is -4.64. The van der Waals surface area contributed by atoms with Gasteiger partial charge in [0, 0.05) is 0 Å². The van der Waals surface area contributed by atoms with E-state index in [4.69, 9.17) is 19.2 Å². The molecule has 0 amide bonds. The molecule has 0 aromatic heterocycles. The van der Waals surface area contributed by atoms with Crippen molar-refractivity contribution in [2.45, 2.75) is 0 Å². The summed E-state index contributed by atoms with van der Waals surface area (Å²) in [5.41, 5.74) is 0. The normalized spacial score (nSPS) is 7.38.